The third-order valence-corrected chi connectivity index (χ3v) is 3.55. The molecule has 112 valence electrons. The van der Waals surface area contributed by atoms with E-state index in [1.165, 1.54) is 11.3 Å². The third-order valence-electron chi connectivity index (χ3n) is 3.55. The van der Waals surface area contributed by atoms with Gasteiger partial charge in [-0.1, -0.05) is 0 Å². The minimum atomic E-state index is 0.408. The third kappa shape index (κ3) is 4.39. The van der Waals surface area contributed by atoms with Crippen LogP contribution < -0.4 is 15.4 Å². The number of hydrogen-bond acceptors (Lipinski definition) is 4. The lowest BCUT2D eigenvalue weighted by Crippen LogP contribution is -2.43. The zero-order valence-electron chi connectivity index (χ0n) is 12.7. The highest BCUT2D eigenvalue weighted by Gasteiger charge is 2.16. The predicted octanol–water partition coefficient (Wildman–Crippen LogP) is 2.57. The first-order valence-electron chi connectivity index (χ1n) is 7.50. The number of aryl methyl sites for hydroxylation is 1. The van der Waals surface area contributed by atoms with E-state index in [-0.39, 0.29) is 0 Å². The van der Waals surface area contributed by atoms with Gasteiger partial charge < -0.3 is 20.1 Å². The Morgan fingerprint density at radius 1 is 1.50 bits per heavy atom. The lowest BCUT2D eigenvalue weighted by atomic mass is 10.1. The Balaban J connectivity index is 1.88. The van der Waals surface area contributed by atoms with E-state index in [4.69, 9.17) is 9.47 Å². The number of benzene rings is 1. The molecular formula is C16H26N2O2. The van der Waals surface area contributed by atoms with Gasteiger partial charge >= 0.3 is 0 Å². The van der Waals surface area contributed by atoms with Gasteiger partial charge in [0.25, 0.3) is 0 Å². The molecule has 1 saturated heterocycles. The Morgan fingerprint density at radius 3 is 3.00 bits per heavy atom. The van der Waals surface area contributed by atoms with Crippen molar-refractivity contribution in [3.8, 4) is 5.75 Å². The molecule has 0 saturated carbocycles. The quantitative estimate of drug-likeness (QED) is 0.839. The Kier molecular flexibility index (Phi) is 5.68. The van der Waals surface area contributed by atoms with Gasteiger partial charge in [-0.3, -0.25) is 0 Å². The Morgan fingerprint density at radius 2 is 2.35 bits per heavy atom. The van der Waals surface area contributed by atoms with Gasteiger partial charge in [0.15, 0.2) is 0 Å². The second kappa shape index (κ2) is 7.50. The summed E-state index contributed by atoms with van der Waals surface area (Å²) in [5, 5.41) is 7.07. The van der Waals surface area contributed by atoms with Crippen molar-refractivity contribution in [1.29, 1.82) is 0 Å². The molecule has 0 bridgehead atoms. The summed E-state index contributed by atoms with van der Waals surface area (Å²) in [6.45, 7) is 9.63. The summed E-state index contributed by atoms with van der Waals surface area (Å²) in [7, 11) is 0. The van der Waals surface area contributed by atoms with Crippen LogP contribution in [0.1, 0.15) is 25.8 Å². The number of morpholine rings is 1. The first-order valence-corrected chi connectivity index (χ1v) is 7.50. The second-order valence-corrected chi connectivity index (χ2v) is 5.42. The average Bonchev–Trinajstić information content (AvgIpc) is 2.43. The molecule has 0 aromatic heterocycles. The van der Waals surface area contributed by atoms with Crippen molar-refractivity contribution in [2.24, 2.45) is 0 Å². The maximum absolute atomic E-state index is 5.51. The molecule has 1 heterocycles. The summed E-state index contributed by atoms with van der Waals surface area (Å²) >= 11 is 0. The van der Waals surface area contributed by atoms with Crippen LogP contribution in [0, 0.1) is 6.92 Å². The molecule has 1 aliphatic rings. The average molecular weight is 278 g/mol. The number of anilines is 1. The fraction of sp³-hybridized carbons (Fsp3) is 0.625. The summed E-state index contributed by atoms with van der Waals surface area (Å²) in [4.78, 5) is 0. The molecule has 20 heavy (non-hydrogen) atoms. The largest absolute Gasteiger partial charge is 0.494 e. The second-order valence-electron chi connectivity index (χ2n) is 5.42. The highest BCUT2D eigenvalue weighted by Crippen LogP contribution is 2.22. The van der Waals surface area contributed by atoms with E-state index in [1.807, 2.05) is 13.0 Å². The molecule has 0 aliphatic carbocycles. The van der Waals surface area contributed by atoms with Crippen molar-refractivity contribution in [2.75, 3.05) is 31.7 Å². The van der Waals surface area contributed by atoms with Gasteiger partial charge in [0.05, 0.1) is 19.8 Å². The fourth-order valence-electron chi connectivity index (χ4n) is 2.58. The highest BCUT2D eigenvalue weighted by atomic mass is 16.5. The maximum Gasteiger partial charge on any atom is 0.119 e. The maximum atomic E-state index is 5.51. The summed E-state index contributed by atoms with van der Waals surface area (Å²) in [5.74, 6) is 0.936. The number of nitrogens with one attached hydrogen (secondary N) is 2. The van der Waals surface area contributed by atoms with Crippen LogP contribution in [0.15, 0.2) is 18.2 Å². The van der Waals surface area contributed by atoms with Crippen molar-refractivity contribution >= 4 is 5.69 Å². The fourth-order valence-corrected chi connectivity index (χ4v) is 2.58. The van der Waals surface area contributed by atoms with Crippen LogP contribution in [0.3, 0.4) is 0 Å². The van der Waals surface area contributed by atoms with Crippen LogP contribution in [-0.2, 0) is 4.74 Å². The highest BCUT2D eigenvalue weighted by molar-refractivity contribution is 5.54. The molecule has 1 aliphatic heterocycles. The molecule has 4 heteroatoms. The lowest BCUT2D eigenvalue weighted by Gasteiger charge is -2.27. The molecular weight excluding hydrogens is 252 g/mol. The van der Waals surface area contributed by atoms with Crippen LogP contribution in [0.2, 0.25) is 0 Å². The predicted molar refractivity (Wildman–Crippen MR) is 82.7 cm³/mol. The summed E-state index contributed by atoms with van der Waals surface area (Å²) in [6.07, 6.45) is 1.06. The van der Waals surface area contributed by atoms with Crippen molar-refractivity contribution in [3.05, 3.63) is 23.8 Å². The molecule has 2 rings (SSSR count). The minimum Gasteiger partial charge on any atom is -0.494 e. The van der Waals surface area contributed by atoms with Gasteiger partial charge in [-0.15, -0.1) is 0 Å². The number of rotatable bonds is 6. The molecule has 2 unspecified atom stereocenters. The van der Waals surface area contributed by atoms with Gasteiger partial charge in [-0.05, 0) is 51.0 Å². The lowest BCUT2D eigenvalue weighted by molar-refractivity contribution is 0.0731. The Bertz CT molecular complexity index is 417. The standard InChI is InChI=1S/C16H26N2O2/c1-4-20-15-5-6-16(12(2)9-15)18-13(3)10-14-11-19-8-7-17-14/h5-6,9,13-14,17-18H,4,7-8,10-11H2,1-3H3. The summed E-state index contributed by atoms with van der Waals surface area (Å²) < 4.78 is 11.0. The van der Waals surface area contributed by atoms with Crippen LogP contribution in [0.5, 0.6) is 5.75 Å². The van der Waals surface area contributed by atoms with Gasteiger partial charge in [0.1, 0.15) is 5.75 Å². The van der Waals surface area contributed by atoms with Crippen LogP contribution in [0.4, 0.5) is 5.69 Å². The number of ether oxygens (including phenoxy) is 2. The SMILES string of the molecule is CCOc1ccc(NC(C)CC2COCCN2)c(C)c1. The van der Waals surface area contributed by atoms with Crippen LogP contribution in [-0.4, -0.2) is 38.4 Å². The zero-order valence-corrected chi connectivity index (χ0v) is 12.7. The Hall–Kier alpha value is -1.26. The first kappa shape index (κ1) is 15.1. The van der Waals surface area contributed by atoms with E-state index in [0.29, 0.717) is 18.7 Å². The van der Waals surface area contributed by atoms with Gasteiger partial charge in [-0.2, -0.15) is 0 Å². The van der Waals surface area contributed by atoms with Crippen molar-refractivity contribution in [1.82, 2.24) is 5.32 Å². The molecule has 0 spiro atoms. The smallest absolute Gasteiger partial charge is 0.119 e. The van der Waals surface area contributed by atoms with E-state index in [9.17, 15) is 0 Å². The minimum absolute atomic E-state index is 0.408. The Labute approximate surface area is 121 Å². The normalized spacial score (nSPS) is 20.4. The van der Waals surface area contributed by atoms with Crippen molar-refractivity contribution in [3.63, 3.8) is 0 Å². The van der Waals surface area contributed by atoms with E-state index in [1.54, 1.807) is 0 Å². The van der Waals surface area contributed by atoms with Crippen LogP contribution >= 0.6 is 0 Å². The molecule has 0 amide bonds. The molecule has 0 radical (unpaired) electrons. The molecule has 1 fully saturated rings. The monoisotopic (exact) mass is 278 g/mol. The van der Waals surface area contributed by atoms with E-state index in [2.05, 4.69) is 36.6 Å². The first-order chi connectivity index (χ1) is 9.69. The topological polar surface area (TPSA) is 42.5 Å². The zero-order chi connectivity index (χ0) is 14.4. The molecule has 1 aromatic rings. The summed E-state index contributed by atoms with van der Waals surface area (Å²) in [5.41, 5.74) is 2.40. The van der Waals surface area contributed by atoms with Gasteiger partial charge in [0, 0.05) is 24.3 Å². The summed E-state index contributed by atoms with van der Waals surface area (Å²) in [6, 6.07) is 7.07. The molecule has 1 aromatic carbocycles. The van der Waals surface area contributed by atoms with Gasteiger partial charge in [-0.25, -0.2) is 0 Å². The molecule has 4 nitrogen and oxygen atoms in total. The van der Waals surface area contributed by atoms with Crippen LogP contribution in [0.25, 0.3) is 0 Å². The molecule has 2 atom stereocenters. The molecule has 2 N–H and O–H groups in total. The van der Waals surface area contributed by atoms with E-state index >= 15 is 0 Å². The van der Waals surface area contributed by atoms with Gasteiger partial charge in [0.2, 0.25) is 0 Å². The van der Waals surface area contributed by atoms with E-state index < -0.39 is 0 Å². The van der Waals surface area contributed by atoms with E-state index in [0.717, 1.165) is 31.9 Å². The van der Waals surface area contributed by atoms with Crippen molar-refractivity contribution < 1.29 is 9.47 Å². The number of hydrogen-bond donors (Lipinski definition) is 2. The van der Waals surface area contributed by atoms with Crippen molar-refractivity contribution in [2.45, 2.75) is 39.3 Å².